The first-order valence-corrected chi connectivity index (χ1v) is 2.76. The first-order chi connectivity index (χ1) is 4.16. The lowest BCUT2D eigenvalue weighted by atomic mass is 10.2. The molecule has 0 saturated heterocycles. The minimum Gasteiger partial charge on any atom is -0.481 e. The summed E-state index contributed by atoms with van der Waals surface area (Å²) in [5.41, 5.74) is 5.05. The van der Waals surface area contributed by atoms with Crippen molar-refractivity contribution in [3.05, 3.63) is 0 Å². The summed E-state index contributed by atoms with van der Waals surface area (Å²) in [6.45, 7) is 0.328. The van der Waals surface area contributed by atoms with Gasteiger partial charge < -0.3 is 15.9 Å². The number of aliphatic carboxylic acids is 1. The molecule has 0 heterocycles. The summed E-state index contributed by atoms with van der Waals surface area (Å²) < 4.78 is 0. The van der Waals surface area contributed by atoms with Gasteiger partial charge in [0.05, 0.1) is 12.5 Å². The van der Waals surface area contributed by atoms with E-state index in [1.807, 2.05) is 0 Å². The van der Waals surface area contributed by atoms with Gasteiger partial charge >= 0.3 is 5.97 Å². The number of aliphatic hydroxyl groups excluding tert-OH is 1. The molecule has 0 bridgehead atoms. The molecular weight excluding hydrogens is 122 g/mol. The smallest absolute Gasteiger partial charge is 0.305 e. The van der Waals surface area contributed by atoms with Crippen LogP contribution in [0.2, 0.25) is 0 Å². The van der Waals surface area contributed by atoms with Gasteiger partial charge in [-0.2, -0.15) is 0 Å². The van der Waals surface area contributed by atoms with Crippen LogP contribution in [0.5, 0.6) is 0 Å². The van der Waals surface area contributed by atoms with E-state index in [1.165, 1.54) is 0 Å². The Morgan fingerprint density at radius 3 is 2.56 bits per heavy atom. The summed E-state index contributed by atoms with van der Waals surface area (Å²) in [5, 5.41) is 16.9. The first-order valence-electron chi connectivity index (χ1n) is 2.76. The molecular formula is C5H11NO3. The number of rotatable bonds is 4. The van der Waals surface area contributed by atoms with Crippen molar-refractivity contribution in [3.8, 4) is 0 Å². The van der Waals surface area contributed by atoms with Gasteiger partial charge in [-0.25, -0.2) is 0 Å². The second-order valence-electron chi connectivity index (χ2n) is 1.83. The van der Waals surface area contributed by atoms with Crippen molar-refractivity contribution in [1.82, 2.24) is 0 Å². The minimum absolute atomic E-state index is 0.211. The molecule has 0 rings (SSSR count). The second-order valence-corrected chi connectivity index (χ2v) is 1.83. The maximum absolute atomic E-state index is 9.88. The van der Waals surface area contributed by atoms with Crippen molar-refractivity contribution < 1.29 is 15.0 Å². The Balaban J connectivity index is 3.26. The summed E-state index contributed by atoms with van der Waals surface area (Å²) in [6.07, 6.45) is -0.642. The van der Waals surface area contributed by atoms with E-state index in [2.05, 4.69) is 0 Å². The predicted octanol–water partition coefficient (Wildman–Crippen LogP) is -0.829. The molecule has 1 atom stereocenters. The fourth-order valence-corrected chi connectivity index (χ4v) is 0.496. The normalized spacial score (nSPS) is 13.1. The van der Waals surface area contributed by atoms with Crippen LogP contribution in [0.1, 0.15) is 12.8 Å². The van der Waals surface area contributed by atoms with Gasteiger partial charge in [-0.15, -0.1) is 0 Å². The van der Waals surface area contributed by atoms with Gasteiger partial charge in [0.15, 0.2) is 0 Å². The molecule has 0 aliphatic carbocycles. The lowest BCUT2D eigenvalue weighted by molar-refractivity contribution is -0.139. The molecule has 54 valence electrons. The molecule has 0 spiro atoms. The topological polar surface area (TPSA) is 83.5 Å². The van der Waals surface area contributed by atoms with E-state index in [0.717, 1.165) is 0 Å². The van der Waals surface area contributed by atoms with Crippen molar-refractivity contribution in [2.45, 2.75) is 18.9 Å². The van der Waals surface area contributed by atoms with Crippen LogP contribution in [0.4, 0.5) is 0 Å². The summed E-state index contributed by atoms with van der Waals surface area (Å²) in [5.74, 6) is -0.990. The molecule has 9 heavy (non-hydrogen) atoms. The number of hydrogen-bond acceptors (Lipinski definition) is 3. The van der Waals surface area contributed by atoms with Crippen LogP contribution in [0.15, 0.2) is 0 Å². The van der Waals surface area contributed by atoms with Crippen LogP contribution in [0.3, 0.4) is 0 Å². The number of carbonyl (C=O) groups is 1. The SMILES string of the molecule is NCC[C@H](O)CC(=O)O. The van der Waals surface area contributed by atoms with Crippen molar-refractivity contribution in [2.75, 3.05) is 6.54 Å². The number of nitrogens with two attached hydrogens (primary N) is 1. The molecule has 0 unspecified atom stereocenters. The quantitative estimate of drug-likeness (QED) is 0.467. The Morgan fingerprint density at radius 2 is 2.22 bits per heavy atom. The molecule has 0 radical (unpaired) electrons. The van der Waals surface area contributed by atoms with Gasteiger partial charge in [-0.3, -0.25) is 4.79 Å². The van der Waals surface area contributed by atoms with Crippen LogP contribution in [0, 0.1) is 0 Å². The van der Waals surface area contributed by atoms with E-state index < -0.39 is 12.1 Å². The molecule has 0 amide bonds. The third kappa shape index (κ3) is 5.26. The molecule has 0 aromatic carbocycles. The highest BCUT2D eigenvalue weighted by atomic mass is 16.4. The van der Waals surface area contributed by atoms with Crippen LogP contribution in [-0.2, 0) is 4.79 Å². The molecule has 4 nitrogen and oxygen atoms in total. The van der Waals surface area contributed by atoms with E-state index in [1.54, 1.807) is 0 Å². The van der Waals surface area contributed by atoms with Gasteiger partial charge in [0.25, 0.3) is 0 Å². The Morgan fingerprint density at radius 1 is 1.67 bits per heavy atom. The Labute approximate surface area is 53.3 Å². The Bertz CT molecular complexity index is 94.2. The summed E-state index contributed by atoms with van der Waals surface area (Å²) >= 11 is 0. The summed E-state index contributed by atoms with van der Waals surface area (Å²) in [6, 6.07) is 0. The fraction of sp³-hybridized carbons (Fsp3) is 0.800. The first kappa shape index (κ1) is 8.39. The van der Waals surface area contributed by atoms with Crippen LogP contribution in [-0.4, -0.2) is 28.8 Å². The lowest BCUT2D eigenvalue weighted by Gasteiger charge is -2.03. The van der Waals surface area contributed by atoms with Crippen LogP contribution in [0.25, 0.3) is 0 Å². The second kappa shape index (κ2) is 4.29. The summed E-state index contributed by atoms with van der Waals surface area (Å²) in [4.78, 5) is 9.88. The third-order valence-electron chi connectivity index (χ3n) is 0.910. The highest BCUT2D eigenvalue weighted by Gasteiger charge is 2.06. The Hall–Kier alpha value is -0.610. The van der Waals surface area contributed by atoms with Gasteiger partial charge in [-0.05, 0) is 13.0 Å². The number of carboxylic acid groups (broad SMARTS) is 1. The average Bonchev–Trinajstić information content (AvgIpc) is 1.63. The molecule has 4 heteroatoms. The zero-order valence-electron chi connectivity index (χ0n) is 5.08. The molecule has 0 saturated carbocycles. The van der Waals surface area contributed by atoms with Gasteiger partial charge in [-0.1, -0.05) is 0 Å². The minimum atomic E-state index is -0.990. The van der Waals surface area contributed by atoms with Gasteiger partial charge in [0.1, 0.15) is 0 Å². The zero-order valence-corrected chi connectivity index (χ0v) is 5.08. The lowest BCUT2D eigenvalue weighted by Crippen LogP contribution is -2.17. The zero-order chi connectivity index (χ0) is 7.28. The number of aliphatic hydroxyl groups is 1. The molecule has 0 aliphatic heterocycles. The van der Waals surface area contributed by atoms with Crippen LogP contribution >= 0.6 is 0 Å². The maximum Gasteiger partial charge on any atom is 0.305 e. The maximum atomic E-state index is 9.88. The number of carboxylic acids is 1. The van der Waals surface area contributed by atoms with Crippen molar-refractivity contribution in [3.63, 3.8) is 0 Å². The molecule has 0 aliphatic rings. The predicted molar refractivity (Wildman–Crippen MR) is 31.9 cm³/mol. The highest BCUT2D eigenvalue weighted by molar-refractivity contribution is 5.67. The standard InChI is InChI=1S/C5H11NO3/c6-2-1-4(7)3-5(8)9/h4,7H,1-3,6H2,(H,8,9)/t4-/m0/s1. The molecule has 0 aromatic heterocycles. The average molecular weight is 133 g/mol. The summed E-state index contributed by atoms with van der Waals surface area (Å²) in [7, 11) is 0. The van der Waals surface area contributed by atoms with Gasteiger partial charge in [0, 0.05) is 0 Å². The molecule has 4 N–H and O–H groups in total. The van der Waals surface area contributed by atoms with Crippen molar-refractivity contribution in [2.24, 2.45) is 5.73 Å². The monoisotopic (exact) mass is 133 g/mol. The third-order valence-corrected chi connectivity index (χ3v) is 0.910. The Kier molecular flexibility index (Phi) is 4.00. The largest absolute Gasteiger partial charge is 0.481 e. The van der Waals surface area contributed by atoms with Crippen molar-refractivity contribution >= 4 is 5.97 Å². The van der Waals surface area contributed by atoms with Gasteiger partial charge in [0.2, 0.25) is 0 Å². The fourth-order valence-electron chi connectivity index (χ4n) is 0.496. The van der Waals surface area contributed by atoms with E-state index in [0.29, 0.717) is 13.0 Å². The molecule has 0 aromatic rings. The van der Waals surface area contributed by atoms with E-state index in [9.17, 15) is 4.79 Å². The van der Waals surface area contributed by atoms with E-state index >= 15 is 0 Å². The van der Waals surface area contributed by atoms with E-state index in [-0.39, 0.29) is 6.42 Å². The number of hydrogen-bond donors (Lipinski definition) is 3. The molecule has 0 fully saturated rings. The van der Waals surface area contributed by atoms with Crippen molar-refractivity contribution in [1.29, 1.82) is 0 Å². The van der Waals surface area contributed by atoms with E-state index in [4.69, 9.17) is 15.9 Å². The highest BCUT2D eigenvalue weighted by Crippen LogP contribution is 1.94. The van der Waals surface area contributed by atoms with Crippen LogP contribution < -0.4 is 5.73 Å².